The predicted molar refractivity (Wildman–Crippen MR) is 71.5 cm³/mol. The Labute approximate surface area is 111 Å². The van der Waals surface area contributed by atoms with Crippen molar-refractivity contribution in [3.63, 3.8) is 0 Å². The number of para-hydroxylation sites is 1. The first-order valence-corrected chi connectivity index (χ1v) is 6.04. The number of anilines is 1. The van der Waals surface area contributed by atoms with Crippen LogP contribution in [0.2, 0.25) is 0 Å². The van der Waals surface area contributed by atoms with E-state index in [2.05, 4.69) is 5.32 Å². The maximum atomic E-state index is 13.3. The van der Waals surface area contributed by atoms with E-state index < -0.39 is 0 Å². The molecule has 0 amide bonds. The van der Waals surface area contributed by atoms with Gasteiger partial charge in [-0.25, -0.2) is 8.78 Å². The highest BCUT2D eigenvalue weighted by Crippen LogP contribution is 2.16. The molecule has 0 fully saturated rings. The summed E-state index contributed by atoms with van der Waals surface area (Å²) >= 11 is 0. The molecule has 2 nitrogen and oxygen atoms in total. The molecule has 0 aromatic heterocycles. The van der Waals surface area contributed by atoms with E-state index in [0.717, 1.165) is 0 Å². The van der Waals surface area contributed by atoms with Crippen LogP contribution in [-0.4, -0.2) is 13.2 Å². The average Bonchev–Trinajstić information content (AvgIpc) is 2.40. The molecule has 0 bridgehead atoms. The lowest BCUT2D eigenvalue weighted by Crippen LogP contribution is -2.12. The van der Waals surface area contributed by atoms with Crippen LogP contribution >= 0.6 is 0 Å². The van der Waals surface area contributed by atoms with Gasteiger partial charge >= 0.3 is 0 Å². The van der Waals surface area contributed by atoms with Gasteiger partial charge in [0.2, 0.25) is 0 Å². The second kappa shape index (κ2) is 6.18. The molecule has 2 aromatic carbocycles. The lowest BCUT2D eigenvalue weighted by molar-refractivity contribution is 0.332. The van der Waals surface area contributed by atoms with Crippen LogP contribution in [0.15, 0.2) is 42.5 Å². The van der Waals surface area contributed by atoms with Gasteiger partial charge in [-0.15, -0.1) is 0 Å². The van der Waals surface area contributed by atoms with Crippen LogP contribution in [-0.2, 0) is 0 Å². The predicted octanol–water partition coefficient (Wildman–Crippen LogP) is 3.76. The highest BCUT2D eigenvalue weighted by Gasteiger charge is 2.01. The molecule has 19 heavy (non-hydrogen) atoms. The van der Waals surface area contributed by atoms with E-state index in [9.17, 15) is 8.78 Å². The lowest BCUT2D eigenvalue weighted by atomic mass is 10.2. The fourth-order valence-electron chi connectivity index (χ4n) is 1.67. The summed E-state index contributed by atoms with van der Waals surface area (Å²) in [4.78, 5) is 0. The zero-order valence-electron chi connectivity index (χ0n) is 10.6. The van der Waals surface area contributed by atoms with Crippen LogP contribution in [0.3, 0.4) is 0 Å². The Morgan fingerprint density at radius 3 is 2.58 bits per heavy atom. The van der Waals surface area contributed by atoms with Crippen molar-refractivity contribution in [2.24, 2.45) is 0 Å². The number of nitrogens with one attached hydrogen (secondary N) is 1. The Balaban J connectivity index is 1.81. The third kappa shape index (κ3) is 3.68. The lowest BCUT2D eigenvalue weighted by Gasteiger charge is -2.09. The minimum Gasteiger partial charge on any atom is -0.492 e. The first kappa shape index (κ1) is 13.3. The van der Waals surface area contributed by atoms with E-state index in [0.29, 0.717) is 30.2 Å². The van der Waals surface area contributed by atoms with Crippen molar-refractivity contribution in [2.45, 2.75) is 6.92 Å². The molecule has 0 spiro atoms. The van der Waals surface area contributed by atoms with E-state index in [1.54, 1.807) is 37.3 Å². The summed E-state index contributed by atoms with van der Waals surface area (Å²) in [5.74, 6) is 0.0613. The summed E-state index contributed by atoms with van der Waals surface area (Å²) in [6.07, 6.45) is 0. The molecule has 0 radical (unpaired) electrons. The molecule has 100 valence electrons. The number of aryl methyl sites for hydroxylation is 1. The zero-order valence-corrected chi connectivity index (χ0v) is 10.6. The van der Waals surface area contributed by atoms with E-state index in [4.69, 9.17) is 4.74 Å². The first-order chi connectivity index (χ1) is 9.16. The fourth-order valence-corrected chi connectivity index (χ4v) is 1.67. The maximum absolute atomic E-state index is 13.3. The van der Waals surface area contributed by atoms with Gasteiger partial charge in [-0.3, -0.25) is 0 Å². The molecule has 1 N–H and O–H groups in total. The Hall–Kier alpha value is -2.10. The van der Waals surface area contributed by atoms with Crippen molar-refractivity contribution in [2.75, 3.05) is 18.5 Å². The molecule has 0 unspecified atom stereocenters. The number of rotatable bonds is 5. The van der Waals surface area contributed by atoms with Crippen molar-refractivity contribution < 1.29 is 13.5 Å². The summed E-state index contributed by atoms with van der Waals surface area (Å²) in [5.41, 5.74) is 0.987. The molecular weight excluding hydrogens is 248 g/mol. The Kier molecular flexibility index (Phi) is 4.34. The number of hydrogen-bond donors (Lipinski definition) is 1. The van der Waals surface area contributed by atoms with Crippen LogP contribution in [0.1, 0.15) is 5.56 Å². The van der Waals surface area contributed by atoms with Crippen LogP contribution in [0.4, 0.5) is 14.5 Å². The van der Waals surface area contributed by atoms with Gasteiger partial charge in [-0.2, -0.15) is 0 Å². The van der Waals surface area contributed by atoms with Gasteiger partial charge in [0.25, 0.3) is 0 Å². The summed E-state index contributed by atoms with van der Waals surface area (Å²) in [6, 6.07) is 11.0. The molecule has 2 rings (SSSR count). The van der Waals surface area contributed by atoms with E-state index in [-0.39, 0.29) is 11.6 Å². The largest absolute Gasteiger partial charge is 0.492 e. The highest BCUT2D eigenvalue weighted by molar-refractivity contribution is 5.44. The van der Waals surface area contributed by atoms with E-state index >= 15 is 0 Å². The van der Waals surface area contributed by atoms with Crippen molar-refractivity contribution >= 4 is 5.69 Å². The minimum atomic E-state index is -0.292. The maximum Gasteiger partial charge on any atom is 0.146 e. The first-order valence-electron chi connectivity index (χ1n) is 6.04. The smallest absolute Gasteiger partial charge is 0.146 e. The van der Waals surface area contributed by atoms with Crippen molar-refractivity contribution in [1.29, 1.82) is 0 Å². The Morgan fingerprint density at radius 1 is 1.05 bits per heavy atom. The number of benzene rings is 2. The van der Waals surface area contributed by atoms with Crippen molar-refractivity contribution in [3.8, 4) is 5.75 Å². The van der Waals surface area contributed by atoms with E-state index in [1.807, 2.05) is 0 Å². The van der Waals surface area contributed by atoms with E-state index in [1.165, 1.54) is 12.1 Å². The van der Waals surface area contributed by atoms with Gasteiger partial charge in [0, 0.05) is 6.54 Å². The van der Waals surface area contributed by atoms with Gasteiger partial charge in [0.15, 0.2) is 0 Å². The molecule has 0 heterocycles. The van der Waals surface area contributed by atoms with Gasteiger partial charge in [0.05, 0.1) is 5.69 Å². The number of halogens is 2. The Morgan fingerprint density at radius 2 is 1.84 bits per heavy atom. The molecule has 0 saturated carbocycles. The van der Waals surface area contributed by atoms with Crippen LogP contribution in [0.25, 0.3) is 0 Å². The topological polar surface area (TPSA) is 21.3 Å². The van der Waals surface area contributed by atoms with Crippen molar-refractivity contribution in [1.82, 2.24) is 0 Å². The van der Waals surface area contributed by atoms with Gasteiger partial charge in [-0.05, 0) is 42.8 Å². The summed E-state index contributed by atoms with van der Waals surface area (Å²) in [6.45, 7) is 2.52. The standard InChI is InChI=1S/C15H15F2NO/c1-11-10-12(6-7-13(11)16)19-9-8-18-15-5-3-2-4-14(15)17/h2-7,10,18H,8-9H2,1H3. The third-order valence-electron chi connectivity index (χ3n) is 2.69. The van der Waals surface area contributed by atoms with Crippen molar-refractivity contribution in [3.05, 3.63) is 59.7 Å². The number of ether oxygens (including phenoxy) is 1. The fraction of sp³-hybridized carbons (Fsp3) is 0.200. The SMILES string of the molecule is Cc1cc(OCCNc2ccccc2F)ccc1F. The van der Waals surface area contributed by atoms with Crippen LogP contribution in [0, 0.1) is 18.6 Å². The molecule has 0 saturated heterocycles. The number of hydrogen-bond acceptors (Lipinski definition) is 2. The second-order valence-electron chi connectivity index (χ2n) is 4.17. The van der Waals surface area contributed by atoms with Gasteiger partial charge in [-0.1, -0.05) is 12.1 Å². The summed E-state index contributed by atoms with van der Waals surface area (Å²) in [5, 5.41) is 2.94. The van der Waals surface area contributed by atoms with Gasteiger partial charge in [0.1, 0.15) is 24.0 Å². The average molecular weight is 263 g/mol. The second-order valence-corrected chi connectivity index (χ2v) is 4.17. The molecular formula is C15H15F2NO. The molecule has 0 atom stereocenters. The molecule has 4 heteroatoms. The minimum absolute atomic E-state index is 0.253. The van der Waals surface area contributed by atoms with Crippen LogP contribution < -0.4 is 10.1 Å². The van der Waals surface area contributed by atoms with Crippen LogP contribution in [0.5, 0.6) is 5.75 Å². The Bertz CT molecular complexity index is 558. The summed E-state index contributed by atoms with van der Waals surface area (Å²) < 4.78 is 31.8. The summed E-state index contributed by atoms with van der Waals surface area (Å²) in [7, 11) is 0. The normalized spacial score (nSPS) is 10.3. The monoisotopic (exact) mass is 263 g/mol. The third-order valence-corrected chi connectivity index (χ3v) is 2.69. The zero-order chi connectivity index (χ0) is 13.7. The highest BCUT2D eigenvalue weighted by atomic mass is 19.1. The molecule has 2 aromatic rings. The quantitative estimate of drug-likeness (QED) is 0.829. The van der Waals surface area contributed by atoms with Gasteiger partial charge < -0.3 is 10.1 Å². The molecule has 0 aliphatic rings. The molecule has 0 aliphatic carbocycles. The molecule has 0 aliphatic heterocycles.